The van der Waals surface area contributed by atoms with Crippen LogP contribution in [-0.4, -0.2) is 35.7 Å². The summed E-state index contributed by atoms with van der Waals surface area (Å²) in [6, 6.07) is 15.6. The maximum atomic E-state index is 13.2. The van der Waals surface area contributed by atoms with Crippen molar-refractivity contribution in [1.29, 1.82) is 0 Å². The second kappa shape index (κ2) is 6.23. The third-order valence-electron chi connectivity index (χ3n) is 5.47. The van der Waals surface area contributed by atoms with Gasteiger partial charge in [0.2, 0.25) is 5.91 Å². The van der Waals surface area contributed by atoms with Crippen LogP contribution in [-0.2, 0) is 4.79 Å². The van der Waals surface area contributed by atoms with E-state index >= 15 is 0 Å². The molecule has 1 amide bonds. The van der Waals surface area contributed by atoms with Crippen LogP contribution in [0.25, 0.3) is 0 Å². The molecule has 2 aromatic rings. The average molecular weight is 382 g/mol. The Bertz CT molecular complexity index is 929. The second-order valence-electron chi connectivity index (χ2n) is 7.45. The van der Waals surface area contributed by atoms with E-state index in [1.54, 1.807) is 19.0 Å². The Balaban J connectivity index is 1.94. The summed E-state index contributed by atoms with van der Waals surface area (Å²) in [5.74, 6) is 0.334. The maximum Gasteiger partial charge on any atom is 0.233 e. The molecule has 0 spiro atoms. The first-order chi connectivity index (χ1) is 12.8. The van der Waals surface area contributed by atoms with Gasteiger partial charge in [0, 0.05) is 25.3 Å². The van der Waals surface area contributed by atoms with Crippen LogP contribution in [0.3, 0.4) is 0 Å². The van der Waals surface area contributed by atoms with Crippen molar-refractivity contribution >= 4 is 28.9 Å². The number of nitrogens with zero attached hydrogens (tertiary/aromatic N) is 2. The number of nitrogens with one attached hydrogen (secondary N) is 1. The van der Waals surface area contributed by atoms with Gasteiger partial charge in [0.1, 0.15) is 11.7 Å². The molecule has 0 radical (unpaired) electrons. The molecule has 2 bridgehead atoms. The minimum absolute atomic E-state index is 0.00517. The Morgan fingerprint density at radius 1 is 1.19 bits per heavy atom. The molecule has 27 heavy (non-hydrogen) atoms. The van der Waals surface area contributed by atoms with Crippen molar-refractivity contribution in [3.63, 3.8) is 0 Å². The van der Waals surface area contributed by atoms with E-state index in [9.17, 15) is 4.79 Å². The fraction of sp³-hybridized carbons (Fsp3) is 0.333. The Hall–Kier alpha value is -2.60. The molecular formula is C21H23N3O2S. The summed E-state index contributed by atoms with van der Waals surface area (Å²) >= 11 is 5.74. The lowest BCUT2D eigenvalue weighted by Gasteiger charge is -2.56. The van der Waals surface area contributed by atoms with E-state index in [4.69, 9.17) is 17.0 Å². The van der Waals surface area contributed by atoms with E-state index in [-0.39, 0.29) is 11.9 Å². The highest BCUT2D eigenvalue weighted by atomic mass is 32.1. The molecule has 140 valence electrons. The first-order valence-electron chi connectivity index (χ1n) is 9.00. The molecule has 2 aliphatic rings. The molecule has 0 aromatic heterocycles. The number of para-hydroxylation sites is 2. The Morgan fingerprint density at radius 3 is 2.56 bits per heavy atom. The van der Waals surface area contributed by atoms with Crippen molar-refractivity contribution in [3.8, 4) is 5.75 Å². The van der Waals surface area contributed by atoms with Crippen LogP contribution in [0.4, 0.5) is 5.69 Å². The van der Waals surface area contributed by atoms with Gasteiger partial charge in [-0.1, -0.05) is 36.4 Å². The number of carbonyl (C=O) groups excluding carboxylic acids is 1. The molecule has 1 N–H and O–H groups in total. The minimum atomic E-state index is -0.936. The SMILES string of the molecule is Cc1ccccc1N1C(=S)N[C@H]2c3ccccc3O[C@@]1(C)[C@@H]2C(=O)N(C)C. The van der Waals surface area contributed by atoms with E-state index in [2.05, 4.69) is 5.32 Å². The maximum absolute atomic E-state index is 13.2. The van der Waals surface area contributed by atoms with Crippen LogP contribution in [0.2, 0.25) is 0 Å². The zero-order valence-corrected chi connectivity index (χ0v) is 16.7. The summed E-state index contributed by atoms with van der Waals surface area (Å²) < 4.78 is 6.52. The van der Waals surface area contributed by atoms with Crippen molar-refractivity contribution in [2.45, 2.75) is 25.6 Å². The van der Waals surface area contributed by atoms with Gasteiger partial charge in [0.05, 0.1) is 6.04 Å². The largest absolute Gasteiger partial charge is 0.467 e. The van der Waals surface area contributed by atoms with E-state index in [0.29, 0.717) is 5.11 Å². The average Bonchev–Trinajstić information content (AvgIpc) is 2.62. The van der Waals surface area contributed by atoms with Crippen LogP contribution in [0.5, 0.6) is 5.75 Å². The smallest absolute Gasteiger partial charge is 0.233 e. The molecule has 2 aliphatic heterocycles. The summed E-state index contributed by atoms with van der Waals surface area (Å²) in [6.07, 6.45) is 0. The van der Waals surface area contributed by atoms with Crippen LogP contribution in [0.1, 0.15) is 24.1 Å². The molecule has 0 aliphatic carbocycles. The zero-order valence-electron chi connectivity index (χ0n) is 15.9. The van der Waals surface area contributed by atoms with Gasteiger partial charge in [0.15, 0.2) is 10.8 Å². The van der Waals surface area contributed by atoms with E-state index in [1.807, 2.05) is 67.3 Å². The first-order valence-corrected chi connectivity index (χ1v) is 9.41. The molecule has 5 nitrogen and oxygen atoms in total. The molecular weight excluding hydrogens is 358 g/mol. The molecule has 2 aromatic carbocycles. The van der Waals surface area contributed by atoms with Gasteiger partial charge in [-0.3, -0.25) is 9.69 Å². The van der Waals surface area contributed by atoms with Gasteiger partial charge < -0.3 is 15.0 Å². The third-order valence-corrected chi connectivity index (χ3v) is 5.77. The standard InChI is InChI=1S/C21H23N3O2S/c1-13-9-5-7-11-15(13)24-20(27)22-18-14-10-6-8-12-16(14)26-21(24,2)17(18)19(25)23(3)4/h5-12,17-18H,1-4H3,(H,22,27)/t17-,18-,21-/m0/s1. The second-order valence-corrected chi connectivity index (χ2v) is 7.84. The summed E-state index contributed by atoms with van der Waals surface area (Å²) in [4.78, 5) is 16.8. The topological polar surface area (TPSA) is 44.8 Å². The van der Waals surface area contributed by atoms with Gasteiger partial charge in [0.25, 0.3) is 0 Å². The fourth-order valence-corrected chi connectivity index (χ4v) is 4.57. The van der Waals surface area contributed by atoms with Gasteiger partial charge >= 0.3 is 0 Å². The Kier molecular flexibility index (Phi) is 4.11. The van der Waals surface area contributed by atoms with Crippen molar-refractivity contribution in [2.24, 2.45) is 5.92 Å². The quantitative estimate of drug-likeness (QED) is 0.809. The monoisotopic (exact) mass is 381 g/mol. The van der Waals surface area contributed by atoms with E-state index < -0.39 is 11.6 Å². The van der Waals surface area contributed by atoms with Crippen LogP contribution in [0.15, 0.2) is 48.5 Å². The van der Waals surface area contributed by atoms with Gasteiger partial charge in [-0.25, -0.2) is 0 Å². The first kappa shape index (κ1) is 17.8. The molecule has 0 saturated carbocycles. The molecule has 3 atom stereocenters. The predicted molar refractivity (Wildman–Crippen MR) is 110 cm³/mol. The lowest BCUT2D eigenvalue weighted by Crippen LogP contribution is -2.72. The van der Waals surface area contributed by atoms with Crippen molar-refractivity contribution in [2.75, 3.05) is 19.0 Å². The number of amides is 1. The van der Waals surface area contributed by atoms with Crippen LogP contribution < -0.4 is 15.0 Å². The van der Waals surface area contributed by atoms with Gasteiger partial charge in [-0.2, -0.15) is 0 Å². The van der Waals surface area contributed by atoms with Crippen molar-refractivity contribution in [1.82, 2.24) is 10.2 Å². The lowest BCUT2D eigenvalue weighted by molar-refractivity contribution is -0.144. The number of benzene rings is 2. The van der Waals surface area contributed by atoms with Crippen LogP contribution >= 0.6 is 12.2 Å². The molecule has 1 saturated heterocycles. The Morgan fingerprint density at radius 2 is 1.85 bits per heavy atom. The van der Waals surface area contributed by atoms with E-state index in [0.717, 1.165) is 22.6 Å². The number of hydrogen-bond donors (Lipinski definition) is 1. The van der Waals surface area contributed by atoms with Crippen LogP contribution in [0, 0.1) is 12.8 Å². The number of ether oxygens (including phenoxy) is 1. The highest BCUT2D eigenvalue weighted by Gasteiger charge is 2.59. The van der Waals surface area contributed by atoms with E-state index in [1.165, 1.54) is 0 Å². The highest BCUT2D eigenvalue weighted by Crippen LogP contribution is 2.50. The number of rotatable bonds is 2. The summed E-state index contributed by atoms with van der Waals surface area (Å²) in [6.45, 7) is 3.99. The number of aryl methyl sites for hydroxylation is 1. The molecule has 1 fully saturated rings. The summed E-state index contributed by atoms with van der Waals surface area (Å²) in [7, 11) is 3.55. The number of fused-ring (bicyclic) bond motifs is 4. The number of thiocarbonyl (C=S) groups is 1. The lowest BCUT2D eigenvalue weighted by atomic mass is 9.78. The molecule has 6 heteroatoms. The summed E-state index contributed by atoms with van der Waals surface area (Å²) in [5.41, 5.74) is 2.03. The number of carbonyl (C=O) groups is 1. The number of anilines is 1. The molecule has 2 heterocycles. The number of hydrogen-bond acceptors (Lipinski definition) is 3. The normalized spacial score (nSPS) is 25.9. The van der Waals surface area contributed by atoms with Gasteiger partial charge in [-0.05, 0) is 43.8 Å². The molecule has 0 unspecified atom stereocenters. The highest BCUT2D eigenvalue weighted by molar-refractivity contribution is 7.80. The van der Waals surface area contributed by atoms with Crippen molar-refractivity contribution < 1.29 is 9.53 Å². The zero-order chi connectivity index (χ0) is 19.3. The Labute approximate surface area is 164 Å². The predicted octanol–water partition coefficient (Wildman–Crippen LogP) is 3.24. The minimum Gasteiger partial charge on any atom is -0.467 e. The third kappa shape index (κ3) is 2.58. The summed E-state index contributed by atoms with van der Waals surface area (Å²) in [5, 5.41) is 3.98. The van der Waals surface area contributed by atoms with Gasteiger partial charge in [-0.15, -0.1) is 0 Å². The van der Waals surface area contributed by atoms with Crippen molar-refractivity contribution in [3.05, 3.63) is 59.7 Å². The molecule has 4 rings (SSSR count). The fourth-order valence-electron chi connectivity index (χ4n) is 4.16.